The number of nitrogens with one attached hydrogen (secondary N) is 1. The average molecular weight is 243 g/mol. The molecule has 4 nitrogen and oxygen atoms in total. The highest BCUT2D eigenvalue weighted by atomic mass is 16.1. The van der Waals surface area contributed by atoms with Crippen LogP contribution in [0.5, 0.6) is 0 Å². The summed E-state index contributed by atoms with van der Waals surface area (Å²) >= 11 is 0. The number of aromatic nitrogens is 2. The molecular formula is C14H17N3O. The molecule has 0 amide bonds. The predicted octanol–water partition coefficient (Wildman–Crippen LogP) is 1.25. The third kappa shape index (κ3) is 1.78. The second-order valence-corrected chi connectivity index (χ2v) is 4.81. The molecule has 2 aromatic rings. The third-order valence-electron chi connectivity index (χ3n) is 3.64. The molecule has 1 atom stereocenters. The molecule has 1 saturated heterocycles. The molecule has 94 valence electrons. The minimum atomic E-state index is 0.00778. The molecule has 3 rings (SSSR count). The van der Waals surface area contributed by atoms with Gasteiger partial charge in [-0.15, -0.1) is 0 Å². The fourth-order valence-electron chi connectivity index (χ4n) is 2.62. The molecule has 0 spiro atoms. The fourth-order valence-corrected chi connectivity index (χ4v) is 2.62. The van der Waals surface area contributed by atoms with Gasteiger partial charge in [0.15, 0.2) is 0 Å². The Hall–Kier alpha value is -1.81. The van der Waals surface area contributed by atoms with Gasteiger partial charge in [0, 0.05) is 26.0 Å². The van der Waals surface area contributed by atoms with Crippen LogP contribution in [-0.2, 0) is 7.05 Å². The Morgan fingerprint density at radius 2 is 2.11 bits per heavy atom. The van der Waals surface area contributed by atoms with Crippen molar-refractivity contribution < 1.29 is 0 Å². The standard InChI is InChI=1S/C14H17N3O/c1-16-8-9-17(14(16)18)13-5-3-2-4-12(13)11-6-7-15-10-11/h2-5,8-9,11,15H,6-7,10H2,1H3. The summed E-state index contributed by atoms with van der Waals surface area (Å²) < 4.78 is 3.33. The lowest BCUT2D eigenvalue weighted by Crippen LogP contribution is -2.22. The van der Waals surface area contributed by atoms with E-state index in [0.29, 0.717) is 5.92 Å². The van der Waals surface area contributed by atoms with E-state index in [-0.39, 0.29) is 5.69 Å². The van der Waals surface area contributed by atoms with E-state index >= 15 is 0 Å². The van der Waals surface area contributed by atoms with Crippen LogP contribution < -0.4 is 11.0 Å². The topological polar surface area (TPSA) is 39.0 Å². The number of nitrogens with zero attached hydrogens (tertiary/aromatic N) is 2. The van der Waals surface area contributed by atoms with Gasteiger partial charge in [-0.1, -0.05) is 18.2 Å². The molecule has 1 aromatic carbocycles. The minimum Gasteiger partial charge on any atom is -0.316 e. The maximum absolute atomic E-state index is 12.0. The van der Waals surface area contributed by atoms with E-state index in [4.69, 9.17) is 0 Å². The molecule has 0 bridgehead atoms. The van der Waals surface area contributed by atoms with Crippen LogP contribution in [-0.4, -0.2) is 22.2 Å². The number of rotatable bonds is 2. The van der Waals surface area contributed by atoms with Crippen LogP contribution >= 0.6 is 0 Å². The minimum absolute atomic E-state index is 0.00778. The molecule has 1 aliphatic heterocycles. The number of hydrogen-bond acceptors (Lipinski definition) is 2. The molecule has 1 unspecified atom stereocenters. The first kappa shape index (κ1) is 11.3. The van der Waals surface area contributed by atoms with Gasteiger partial charge < -0.3 is 9.88 Å². The zero-order valence-electron chi connectivity index (χ0n) is 10.5. The van der Waals surface area contributed by atoms with Crippen molar-refractivity contribution in [1.29, 1.82) is 0 Å². The molecule has 1 fully saturated rings. The Morgan fingerprint density at radius 3 is 2.78 bits per heavy atom. The largest absolute Gasteiger partial charge is 0.332 e. The molecule has 0 aliphatic carbocycles. The Morgan fingerprint density at radius 1 is 1.28 bits per heavy atom. The van der Waals surface area contributed by atoms with Crippen LogP contribution in [0.1, 0.15) is 17.9 Å². The van der Waals surface area contributed by atoms with Crippen molar-refractivity contribution in [3.63, 3.8) is 0 Å². The van der Waals surface area contributed by atoms with E-state index in [9.17, 15) is 4.79 Å². The van der Waals surface area contributed by atoms with Crippen LogP contribution in [0.3, 0.4) is 0 Å². The summed E-state index contributed by atoms with van der Waals surface area (Å²) in [4.78, 5) is 12.0. The first-order chi connectivity index (χ1) is 8.77. The Bertz CT molecular complexity index is 605. The van der Waals surface area contributed by atoms with E-state index in [1.165, 1.54) is 5.56 Å². The maximum atomic E-state index is 12.0. The summed E-state index contributed by atoms with van der Waals surface area (Å²) in [6.45, 7) is 2.06. The van der Waals surface area contributed by atoms with Gasteiger partial charge in [0.05, 0.1) is 5.69 Å². The lowest BCUT2D eigenvalue weighted by atomic mass is 9.96. The lowest BCUT2D eigenvalue weighted by molar-refractivity contribution is 0.746. The quantitative estimate of drug-likeness (QED) is 0.862. The van der Waals surface area contributed by atoms with E-state index in [2.05, 4.69) is 11.4 Å². The second kappa shape index (κ2) is 4.46. The summed E-state index contributed by atoms with van der Waals surface area (Å²) in [7, 11) is 1.78. The second-order valence-electron chi connectivity index (χ2n) is 4.81. The van der Waals surface area contributed by atoms with Crippen LogP contribution in [0.25, 0.3) is 5.69 Å². The smallest absolute Gasteiger partial charge is 0.316 e. The summed E-state index contributed by atoms with van der Waals surface area (Å²) in [6.07, 6.45) is 4.77. The molecule has 1 N–H and O–H groups in total. The van der Waals surface area contributed by atoms with Gasteiger partial charge in [0.2, 0.25) is 0 Å². The van der Waals surface area contributed by atoms with Crippen molar-refractivity contribution in [1.82, 2.24) is 14.5 Å². The van der Waals surface area contributed by atoms with Crippen molar-refractivity contribution in [3.05, 3.63) is 52.7 Å². The number of aryl methyl sites for hydroxylation is 1. The SMILES string of the molecule is Cn1ccn(-c2ccccc2C2CCNC2)c1=O. The average Bonchev–Trinajstić information content (AvgIpc) is 3.02. The maximum Gasteiger partial charge on any atom is 0.332 e. The first-order valence-corrected chi connectivity index (χ1v) is 6.31. The van der Waals surface area contributed by atoms with E-state index in [0.717, 1.165) is 25.2 Å². The highest BCUT2D eigenvalue weighted by molar-refractivity contribution is 5.43. The van der Waals surface area contributed by atoms with Gasteiger partial charge in [0.25, 0.3) is 0 Å². The van der Waals surface area contributed by atoms with Gasteiger partial charge in [-0.05, 0) is 30.5 Å². The van der Waals surface area contributed by atoms with Gasteiger partial charge in [0.1, 0.15) is 0 Å². The van der Waals surface area contributed by atoms with Crippen molar-refractivity contribution in [2.75, 3.05) is 13.1 Å². The highest BCUT2D eigenvalue weighted by Crippen LogP contribution is 2.27. The Labute approximate surface area is 106 Å². The molecule has 1 aliphatic rings. The van der Waals surface area contributed by atoms with Crippen LogP contribution in [0, 0.1) is 0 Å². The van der Waals surface area contributed by atoms with Crippen molar-refractivity contribution in [2.24, 2.45) is 7.05 Å². The molecule has 1 aromatic heterocycles. The van der Waals surface area contributed by atoms with Crippen LogP contribution in [0.15, 0.2) is 41.5 Å². The molecule has 18 heavy (non-hydrogen) atoms. The van der Waals surface area contributed by atoms with Crippen molar-refractivity contribution >= 4 is 0 Å². The fraction of sp³-hybridized carbons (Fsp3) is 0.357. The van der Waals surface area contributed by atoms with Gasteiger partial charge >= 0.3 is 5.69 Å². The van der Waals surface area contributed by atoms with Gasteiger partial charge in [-0.3, -0.25) is 4.57 Å². The van der Waals surface area contributed by atoms with E-state index in [1.54, 1.807) is 22.4 Å². The van der Waals surface area contributed by atoms with Crippen molar-refractivity contribution in [2.45, 2.75) is 12.3 Å². The molecule has 0 radical (unpaired) electrons. The molecular weight excluding hydrogens is 226 g/mol. The lowest BCUT2D eigenvalue weighted by Gasteiger charge is -2.14. The summed E-state index contributed by atoms with van der Waals surface area (Å²) in [5.74, 6) is 0.508. The summed E-state index contributed by atoms with van der Waals surface area (Å²) in [5, 5.41) is 3.38. The number of hydrogen-bond donors (Lipinski definition) is 1. The van der Waals surface area contributed by atoms with Crippen LogP contribution in [0.2, 0.25) is 0 Å². The van der Waals surface area contributed by atoms with Gasteiger partial charge in [-0.2, -0.15) is 0 Å². The molecule has 4 heteroatoms. The Balaban J connectivity index is 2.11. The van der Waals surface area contributed by atoms with E-state index in [1.807, 2.05) is 24.4 Å². The summed E-state index contributed by atoms with van der Waals surface area (Å²) in [5.41, 5.74) is 2.28. The monoisotopic (exact) mass is 243 g/mol. The number of para-hydroxylation sites is 1. The molecule has 2 heterocycles. The van der Waals surface area contributed by atoms with Gasteiger partial charge in [-0.25, -0.2) is 4.79 Å². The highest BCUT2D eigenvalue weighted by Gasteiger charge is 2.20. The summed E-state index contributed by atoms with van der Waals surface area (Å²) in [6, 6.07) is 8.19. The zero-order chi connectivity index (χ0) is 12.5. The van der Waals surface area contributed by atoms with E-state index < -0.39 is 0 Å². The number of benzene rings is 1. The number of imidazole rings is 1. The van der Waals surface area contributed by atoms with Crippen molar-refractivity contribution in [3.8, 4) is 5.69 Å². The third-order valence-corrected chi connectivity index (χ3v) is 3.64. The zero-order valence-corrected chi connectivity index (χ0v) is 10.5. The Kier molecular flexibility index (Phi) is 2.80. The first-order valence-electron chi connectivity index (χ1n) is 6.31. The predicted molar refractivity (Wildman–Crippen MR) is 71.2 cm³/mol. The molecule has 0 saturated carbocycles. The normalized spacial score (nSPS) is 19.3. The van der Waals surface area contributed by atoms with Crippen LogP contribution in [0.4, 0.5) is 0 Å².